The standard InChI is InChI=1S/C20H36N2O9/c1-6-7-11(4)18(27)21-9-14(25)16(26)17-15(22-12(5)23)13(24)8-20(31-17,19(28)29)30-10(2)3/h10-11,13-17,24-26H,6-9H2,1-5H3,(H,21,27)(H,22,23)(H,28,29). The highest BCUT2D eigenvalue weighted by Crippen LogP contribution is 2.34. The molecule has 0 aromatic rings. The third kappa shape index (κ3) is 7.39. The van der Waals surface area contributed by atoms with E-state index in [1.807, 2.05) is 6.92 Å². The Morgan fingerprint density at radius 3 is 2.32 bits per heavy atom. The van der Waals surface area contributed by atoms with Crippen molar-refractivity contribution >= 4 is 17.8 Å². The maximum Gasteiger partial charge on any atom is 0.364 e. The molecule has 0 aromatic heterocycles. The number of aliphatic hydroxyl groups is 3. The highest BCUT2D eigenvalue weighted by atomic mass is 16.7. The van der Waals surface area contributed by atoms with E-state index in [0.717, 1.165) is 6.42 Å². The van der Waals surface area contributed by atoms with Crippen LogP contribution in [0.2, 0.25) is 0 Å². The molecule has 0 radical (unpaired) electrons. The summed E-state index contributed by atoms with van der Waals surface area (Å²) in [6.45, 7) is 7.68. The normalized spacial score (nSPS) is 29.1. The second kappa shape index (κ2) is 11.7. The predicted octanol–water partition coefficient (Wildman–Crippen LogP) is -0.879. The number of rotatable bonds is 11. The van der Waals surface area contributed by atoms with Crippen LogP contribution in [-0.2, 0) is 23.9 Å². The second-order valence-corrected chi connectivity index (χ2v) is 8.30. The van der Waals surface area contributed by atoms with Gasteiger partial charge in [0.05, 0.1) is 24.4 Å². The van der Waals surface area contributed by atoms with Crippen molar-refractivity contribution in [1.82, 2.24) is 10.6 Å². The molecular formula is C20H36N2O9. The number of hydrogen-bond acceptors (Lipinski definition) is 8. The molecule has 1 fully saturated rings. The van der Waals surface area contributed by atoms with Gasteiger partial charge in [0.25, 0.3) is 5.79 Å². The molecule has 1 aliphatic rings. The number of hydrogen-bond donors (Lipinski definition) is 6. The van der Waals surface area contributed by atoms with Gasteiger partial charge in [0.1, 0.15) is 12.2 Å². The van der Waals surface area contributed by atoms with Gasteiger partial charge >= 0.3 is 5.97 Å². The number of ether oxygens (including phenoxy) is 2. The third-order valence-electron chi connectivity index (χ3n) is 5.08. The van der Waals surface area contributed by atoms with E-state index in [1.165, 1.54) is 6.92 Å². The highest BCUT2D eigenvalue weighted by molar-refractivity contribution is 5.78. The van der Waals surface area contributed by atoms with Gasteiger partial charge in [0.15, 0.2) is 0 Å². The van der Waals surface area contributed by atoms with Crippen molar-refractivity contribution in [1.29, 1.82) is 0 Å². The van der Waals surface area contributed by atoms with Crippen molar-refractivity contribution in [3.8, 4) is 0 Å². The van der Waals surface area contributed by atoms with Gasteiger partial charge in [0.2, 0.25) is 11.8 Å². The topological polar surface area (TPSA) is 175 Å². The average Bonchev–Trinajstić information content (AvgIpc) is 2.66. The first kappa shape index (κ1) is 27.2. The molecule has 1 saturated heterocycles. The molecular weight excluding hydrogens is 412 g/mol. The van der Waals surface area contributed by atoms with E-state index in [4.69, 9.17) is 9.47 Å². The lowest BCUT2D eigenvalue weighted by Gasteiger charge is -2.47. The minimum Gasteiger partial charge on any atom is -0.477 e. The Morgan fingerprint density at radius 1 is 1.23 bits per heavy atom. The molecule has 11 nitrogen and oxygen atoms in total. The first-order chi connectivity index (χ1) is 14.3. The Labute approximate surface area is 182 Å². The maximum absolute atomic E-state index is 12.1. The number of carboxylic acid groups (broad SMARTS) is 1. The van der Waals surface area contributed by atoms with E-state index in [9.17, 15) is 34.8 Å². The lowest BCUT2D eigenvalue weighted by atomic mass is 9.88. The molecule has 0 aliphatic carbocycles. The number of carbonyl (C=O) groups is 3. The van der Waals surface area contributed by atoms with Crippen LogP contribution in [0.5, 0.6) is 0 Å². The van der Waals surface area contributed by atoms with Crippen molar-refractivity contribution < 1.29 is 44.3 Å². The van der Waals surface area contributed by atoms with E-state index in [1.54, 1.807) is 20.8 Å². The predicted molar refractivity (Wildman–Crippen MR) is 109 cm³/mol. The van der Waals surface area contributed by atoms with Crippen LogP contribution < -0.4 is 10.6 Å². The van der Waals surface area contributed by atoms with E-state index >= 15 is 0 Å². The summed E-state index contributed by atoms with van der Waals surface area (Å²) in [5.74, 6) is -4.94. The Hall–Kier alpha value is -1.79. The number of carboxylic acids is 1. The van der Waals surface area contributed by atoms with Gasteiger partial charge in [0, 0.05) is 25.8 Å². The third-order valence-corrected chi connectivity index (χ3v) is 5.08. The van der Waals surface area contributed by atoms with Crippen LogP contribution in [0.3, 0.4) is 0 Å². The molecule has 1 heterocycles. The molecule has 180 valence electrons. The van der Waals surface area contributed by atoms with Gasteiger partial charge < -0.3 is 40.5 Å². The van der Waals surface area contributed by atoms with E-state index in [0.29, 0.717) is 6.42 Å². The minimum absolute atomic E-state index is 0.284. The summed E-state index contributed by atoms with van der Waals surface area (Å²) in [5.41, 5.74) is 0. The van der Waals surface area contributed by atoms with Crippen LogP contribution in [0.1, 0.15) is 53.9 Å². The van der Waals surface area contributed by atoms with Gasteiger partial charge in [-0.2, -0.15) is 0 Å². The van der Waals surface area contributed by atoms with Gasteiger partial charge in [-0.1, -0.05) is 20.3 Å². The van der Waals surface area contributed by atoms with Gasteiger partial charge in [-0.05, 0) is 20.3 Å². The van der Waals surface area contributed by atoms with Crippen LogP contribution in [-0.4, -0.2) is 87.1 Å². The summed E-state index contributed by atoms with van der Waals surface area (Å²) in [7, 11) is 0. The average molecular weight is 449 g/mol. The summed E-state index contributed by atoms with van der Waals surface area (Å²) in [5, 5.41) is 46.4. The first-order valence-corrected chi connectivity index (χ1v) is 10.5. The molecule has 7 unspecified atom stereocenters. The monoisotopic (exact) mass is 448 g/mol. The van der Waals surface area contributed by atoms with Crippen LogP contribution in [0, 0.1) is 5.92 Å². The van der Waals surface area contributed by atoms with E-state index in [2.05, 4.69) is 10.6 Å². The van der Waals surface area contributed by atoms with Gasteiger partial charge in [-0.3, -0.25) is 9.59 Å². The molecule has 2 amide bonds. The Kier molecular flexibility index (Phi) is 10.3. The zero-order valence-corrected chi connectivity index (χ0v) is 18.7. The Bertz CT molecular complexity index is 630. The van der Waals surface area contributed by atoms with Gasteiger partial charge in [-0.15, -0.1) is 0 Å². The van der Waals surface area contributed by atoms with E-state index < -0.39 is 60.6 Å². The molecule has 1 aliphatic heterocycles. The first-order valence-electron chi connectivity index (χ1n) is 10.5. The summed E-state index contributed by atoms with van der Waals surface area (Å²) in [6.07, 6.45) is -5.92. The van der Waals surface area contributed by atoms with Crippen LogP contribution >= 0.6 is 0 Å². The van der Waals surface area contributed by atoms with Crippen molar-refractivity contribution in [2.24, 2.45) is 5.92 Å². The fourth-order valence-electron chi connectivity index (χ4n) is 3.59. The van der Waals surface area contributed by atoms with Crippen molar-refractivity contribution in [2.75, 3.05) is 6.54 Å². The minimum atomic E-state index is -2.28. The van der Waals surface area contributed by atoms with Crippen molar-refractivity contribution in [2.45, 2.75) is 96.2 Å². The number of nitrogens with one attached hydrogen (secondary N) is 2. The maximum atomic E-state index is 12.1. The summed E-state index contributed by atoms with van der Waals surface area (Å²) in [6, 6.07) is -1.21. The lowest BCUT2D eigenvalue weighted by molar-refractivity contribution is -0.319. The smallest absolute Gasteiger partial charge is 0.364 e. The van der Waals surface area contributed by atoms with Crippen molar-refractivity contribution in [3.63, 3.8) is 0 Å². The second-order valence-electron chi connectivity index (χ2n) is 8.30. The number of carbonyl (C=O) groups excluding carboxylic acids is 2. The van der Waals surface area contributed by atoms with E-state index in [-0.39, 0.29) is 18.4 Å². The zero-order valence-electron chi connectivity index (χ0n) is 18.7. The van der Waals surface area contributed by atoms with Crippen LogP contribution in [0.15, 0.2) is 0 Å². The Balaban J connectivity index is 3.07. The van der Waals surface area contributed by atoms with Crippen LogP contribution in [0.4, 0.5) is 0 Å². The van der Waals surface area contributed by atoms with Gasteiger partial charge in [-0.25, -0.2) is 4.79 Å². The zero-order chi connectivity index (χ0) is 23.9. The number of aliphatic carboxylic acids is 1. The Morgan fingerprint density at radius 2 is 1.84 bits per heavy atom. The highest BCUT2D eigenvalue weighted by Gasteiger charge is 2.56. The molecule has 31 heavy (non-hydrogen) atoms. The quantitative estimate of drug-likeness (QED) is 0.234. The number of aliphatic hydroxyl groups excluding tert-OH is 3. The SMILES string of the molecule is CCCC(C)C(=O)NCC(O)C(O)C1OC(OC(C)C)(C(=O)O)CC(O)C1NC(C)=O. The largest absolute Gasteiger partial charge is 0.477 e. The fraction of sp³-hybridized carbons (Fsp3) is 0.850. The molecule has 6 N–H and O–H groups in total. The molecule has 1 rings (SSSR count). The summed E-state index contributed by atoms with van der Waals surface area (Å²) < 4.78 is 11.0. The number of amides is 2. The molecule has 0 aromatic carbocycles. The molecule has 0 saturated carbocycles. The summed E-state index contributed by atoms with van der Waals surface area (Å²) >= 11 is 0. The molecule has 0 spiro atoms. The molecule has 0 bridgehead atoms. The lowest BCUT2D eigenvalue weighted by Crippen LogP contribution is -2.68. The summed E-state index contributed by atoms with van der Waals surface area (Å²) in [4.78, 5) is 35.6. The van der Waals surface area contributed by atoms with Crippen molar-refractivity contribution in [3.05, 3.63) is 0 Å². The molecule has 7 atom stereocenters. The molecule has 11 heteroatoms. The fourth-order valence-corrected chi connectivity index (χ4v) is 3.59. The van der Waals surface area contributed by atoms with Crippen LogP contribution in [0.25, 0.3) is 0 Å².